The summed E-state index contributed by atoms with van der Waals surface area (Å²) in [4.78, 5) is 12.4. The van der Waals surface area contributed by atoms with Crippen LogP contribution in [0.1, 0.15) is 24.0 Å². The predicted molar refractivity (Wildman–Crippen MR) is 129 cm³/mol. The fraction of sp³-hybridized carbons (Fsp3) is 0.409. The predicted octanol–water partition coefficient (Wildman–Crippen LogP) is 4.72. The lowest BCUT2D eigenvalue weighted by Crippen LogP contribution is -2.43. The van der Waals surface area contributed by atoms with Crippen LogP contribution in [0.15, 0.2) is 42.5 Å². The van der Waals surface area contributed by atoms with Crippen molar-refractivity contribution in [2.24, 2.45) is 5.92 Å². The second kappa shape index (κ2) is 11.7. The minimum absolute atomic E-state index is 0.0716. The Morgan fingerprint density at radius 3 is 2.47 bits per heavy atom. The average molecular weight is 519 g/mol. The van der Waals surface area contributed by atoms with Gasteiger partial charge in [0.05, 0.1) is 5.75 Å². The first kappa shape index (κ1) is 25.3. The van der Waals surface area contributed by atoms with E-state index in [9.17, 15) is 17.6 Å². The molecule has 2 aromatic carbocycles. The maximum Gasteiger partial charge on any atom is 0.223 e. The van der Waals surface area contributed by atoms with E-state index in [4.69, 9.17) is 23.2 Å². The van der Waals surface area contributed by atoms with Gasteiger partial charge in [-0.3, -0.25) is 4.79 Å². The summed E-state index contributed by atoms with van der Waals surface area (Å²) in [7, 11) is -3.49. The SMILES string of the molecule is O=C(NCCSCc1c(F)cccc1Cl)C1CCN(S(=O)(=O)Cc2ccccc2Cl)CC1. The Bertz CT molecular complexity index is 1020. The molecule has 0 unspecified atom stereocenters. The summed E-state index contributed by atoms with van der Waals surface area (Å²) >= 11 is 13.6. The van der Waals surface area contributed by atoms with E-state index >= 15 is 0 Å². The number of benzene rings is 2. The number of amides is 1. The molecule has 1 saturated heterocycles. The number of halogens is 3. The summed E-state index contributed by atoms with van der Waals surface area (Å²) in [5.74, 6) is 0.299. The number of carbonyl (C=O) groups excluding carboxylic acids is 1. The standard InChI is InChI=1S/C22H25Cl2FN2O3S2/c23-19-5-2-1-4-17(19)15-32(29,30)27-11-8-16(9-12-27)22(28)26-10-13-31-14-18-20(24)6-3-7-21(18)25/h1-7,16H,8-15H2,(H,26,28). The summed E-state index contributed by atoms with van der Waals surface area (Å²) in [5.41, 5.74) is 1.04. The van der Waals surface area contributed by atoms with Gasteiger partial charge in [0.2, 0.25) is 15.9 Å². The van der Waals surface area contributed by atoms with Gasteiger partial charge in [0.25, 0.3) is 0 Å². The highest BCUT2D eigenvalue weighted by atomic mass is 35.5. The molecule has 0 aliphatic carbocycles. The van der Waals surface area contributed by atoms with Crippen molar-refractivity contribution in [1.82, 2.24) is 9.62 Å². The normalized spacial score (nSPS) is 15.6. The van der Waals surface area contributed by atoms with Crippen LogP contribution in [0, 0.1) is 11.7 Å². The van der Waals surface area contributed by atoms with E-state index in [1.165, 1.54) is 22.1 Å². The highest BCUT2D eigenvalue weighted by molar-refractivity contribution is 7.98. The average Bonchev–Trinajstić information content (AvgIpc) is 2.77. The first-order valence-electron chi connectivity index (χ1n) is 10.3. The highest BCUT2D eigenvalue weighted by Crippen LogP contribution is 2.25. The van der Waals surface area contributed by atoms with Crippen LogP contribution in [0.4, 0.5) is 4.39 Å². The molecule has 1 aliphatic heterocycles. The molecule has 0 spiro atoms. The van der Waals surface area contributed by atoms with Gasteiger partial charge in [-0.1, -0.05) is 47.5 Å². The summed E-state index contributed by atoms with van der Waals surface area (Å²) in [5, 5.41) is 3.73. The molecule has 10 heteroatoms. The van der Waals surface area contributed by atoms with Gasteiger partial charge in [-0.25, -0.2) is 17.1 Å². The van der Waals surface area contributed by atoms with Gasteiger partial charge >= 0.3 is 0 Å². The zero-order valence-electron chi connectivity index (χ0n) is 17.4. The number of nitrogens with one attached hydrogen (secondary N) is 1. The minimum atomic E-state index is -3.49. The van der Waals surface area contributed by atoms with E-state index in [2.05, 4.69) is 5.32 Å². The summed E-state index contributed by atoms with van der Waals surface area (Å²) in [6, 6.07) is 11.5. The van der Waals surface area contributed by atoms with Crippen molar-refractivity contribution in [1.29, 1.82) is 0 Å². The second-order valence-corrected chi connectivity index (χ2v) is 11.5. The molecule has 0 radical (unpaired) electrons. The van der Waals surface area contributed by atoms with E-state index in [1.807, 2.05) is 0 Å². The lowest BCUT2D eigenvalue weighted by atomic mass is 9.97. The zero-order chi connectivity index (χ0) is 23.1. The third-order valence-electron chi connectivity index (χ3n) is 5.37. The molecular weight excluding hydrogens is 494 g/mol. The molecule has 1 aliphatic rings. The van der Waals surface area contributed by atoms with Crippen molar-refractivity contribution in [2.45, 2.75) is 24.3 Å². The molecule has 0 saturated carbocycles. The maximum absolute atomic E-state index is 13.8. The van der Waals surface area contributed by atoms with Crippen molar-refractivity contribution in [3.05, 3.63) is 69.5 Å². The molecule has 1 N–H and O–H groups in total. The Hall–Kier alpha value is -1.32. The van der Waals surface area contributed by atoms with E-state index in [0.717, 1.165) is 0 Å². The number of carbonyl (C=O) groups is 1. The number of piperidine rings is 1. The topological polar surface area (TPSA) is 66.5 Å². The van der Waals surface area contributed by atoms with Crippen LogP contribution in [-0.4, -0.2) is 44.0 Å². The number of sulfonamides is 1. The van der Waals surface area contributed by atoms with E-state index in [1.54, 1.807) is 36.4 Å². The quantitative estimate of drug-likeness (QED) is 0.487. The number of nitrogens with zero attached hydrogens (tertiary/aromatic N) is 1. The zero-order valence-corrected chi connectivity index (χ0v) is 20.5. The minimum Gasteiger partial charge on any atom is -0.355 e. The van der Waals surface area contributed by atoms with Crippen LogP contribution in [-0.2, 0) is 26.3 Å². The molecule has 3 rings (SSSR count). The molecule has 1 amide bonds. The van der Waals surface area contributed by atoms with Crippen molar-refractivity contribution in [2.75, 3.05) is 25.4 Å². The number of hydrogen-bond donors (Lipinski definition) is 1. The van der Waals surface area contributed by atoms with Crippen molar-refractivity contribution in [3.63, 3.8) is 0 Å². The molecular formula is C22H25Cl2FN2O3S2. The molecule has 174 valence electrons. The molecule has 1 fully saturated rings. The van der Waals surface area contributed by atoms with Crippen LogP contribution in [0.3, 0.4) is 0 Å². The molecule has 0 aromatic heterocycles. The number of thioether (sulfide) groups is 1. The van der Waals surface area contributed by atoms with Gasteiger partial charge in [0.15, 0.2) is 0 Å². The summed E-state index contributed by atoms with van der Waals surface area (Å²) in [6.45, 7) is 1.08. The number of rotatable bonds is 9. The molecule has 5 nitrogen and oxygen atoms in total. The van der Waals surface area contributed by atoms with Crippen LogP contribution in [0.25, 0.3) is 0 Å². The Kier molecular flexibility index (Phi) is 9.25. The van der Waals surface area contributed by atoms with Crippen LogP contribution in [0.2, 0.25) is 10.0 Å². The van der Waals surface area contributed by atoms with Gasteiger partial charge in [-0.15, -0.1) is 0 Å². The van der Waals surface area contributed by atoms with E-state index in [-0.39, 0.29) is 23.4 Å². The lowest BCUT2D eigenvalue weighted by Gasteiger charge is -2.30. The highest BCUT2D eigenvalue weighted by Gasteiger charge is 2.31. The van der Waals surface area contributed by atoms with Gasteiger partial charge < -0.3 is 5.32 Å². The van der Waals surface area contributed by atoms with Crippen LogP contribution in [0.5, 0.6) is 0 Å². The van der Waals surface area contributed by atoms with Gasteiger partial charge in [-0.05, 0) is 36.6 Å². The van der Waals surface area contributed by atoms with E-state index < -0.39 is 10.0 Å². The Morgan fingerprint density at radius 1 is 1.09 bits per heavy atom. The third kappa shape index (κ3) is 6.84. The molecule has 0 atom stereocenters. The monoisotopic (exact) mass is 518 g/mol. The third-order valence-corrected chi connectivity index (χ3v) is 8.90. The molecule has 0 bridgehead atoms. The smallest absolute Gasteiger partial charge is 0.223 e. The van der Waals surface area contributed by atoms with Crippen molar-refractivity contribution < 1.29 is 17.6 Å². The van der Waals surface area contributed by atoms with Gasteiger partial charge in [-0.2, -0.15) is 11.8 Å². The van der Waals surface area contributed by atoms with Gasteiger partial charge in [0.1, 0.15) is 5.82 Å². The second-order valence-electron chi connectivity index (χ2n) is 7.56. The lowest BCUT2D eigenvalue weighted by molar-refractivity contribution is -0.125. The van der Waals surface area contributed by atoms with Crippen molar-refractivity contribution >= 4 is 50.9 Å². The first-order valence-corrected chi connectivity index (χ1v) is 13.8. The fourth-order valence-electron chi connectivity index (χ4n) is 3.53. The van der Waals surface area contributed by atoms with E-state index in [0.29, 0.717) is 65.2 Å². The van der Waals surface area contributed by atoms with Crippen LogP contribution < -0.4 is 5.32 Å². The van der Waals surface area contributed by atoms with Crippen molar-refractivity contribution in [3.8, 4) is 0 Å². The maximum atomic E-state index is 13.8. The first-order chi connectivity index (χ1) is 15.3. The molecule has 1 heterocycles. The summed E-state index contributed by atoms with van der Waals surface area (Å²) < 4.78 is 40.6. The largest absolute Gasteiger partial charge is 0.355 e. The fourth-order valence-corrected chi connectivity index (χ4v) is 6.61. The van der Waals surface area contributed by atoms with Crippen LogP contribution >= 0.6 is 35.0 Å². The molecule has 32 heavy (non-hydrogen) atoms. The Morgan fingerprint density at radius 2 is 1.78 bits per heavy atom. The number of hydrogen-bond acceptors (Lipinski definition) is 4. The molecule has 2 aromatic rings. The Balaban J connectivity index is 1.39. The Labute approximate surface area is 202 Å². The van der Waals surface area contributed by atoms with Gasteiger partial charge in [0, 0.05) is 52.7 Å². The summed E-state index contributed by atoms with van der Waals surface area (Å²) in [6.07, 6.45) is 0.955.